The highest BCUT2D eigenvalue weighted by Gasteiger charge is 2.06. The second kappa shape index (κ2) is 8.53. The van der Waals surface area contributed by atoms with Crippen molar-refractivity contribution in [2.24, 2.45) is 0 Å². The topological polar surface area (TPSA) is 38.7 Å². The van der Waals surface area contributed by atoms with Crippen LogP contribution < -0.4 is 0 Å². The summed E-state index contributed by atoms with van der Waals surface area (Å²) < 4.78 is 0. The van der Waals surface area contributed by atoms with Crippen LogP contribution in [0.25, 0.3) is 10.9 Å². The van der Waals surface area contributed by atoms with Crippen molar-refractivity contribution in [2.45, 2.75) is 51.9 Å². The van der Waals surface area contributed by atoms with Crippen LogP contribution in [0.2, 0.25) is 0 Å². The molecule has 0 fully saturated rings. The van der Waals surface area contributed by atoms with Crippen LogP contribution in [0.4, 0.5) is 0 Å². The molecule has 0 N–H and O–H groups in total. The van der Waals surface area contributed by atoms with Crippen LogP contribution >= 0.6 is 0 Å². The third-order valence-electron chi connectivity index (χ3n) is 4.39. The molecule has 0 aliphatic rings. The predicted octanol–water partition coefficient (Wildman–Crippen LogP) is 4.93. The van der Waals surface area contributed by atoms with Gasteiger partial charge in [0.1, 0.15) is 5.82 Å². The maximum absolute atomic E-state index is 4.74. The minimum Gasteiger partial charge on any atom is -0.260 e. The molecule has 2 heterocycles. The molecule has 124 valence electrons. The summed E-state index contributed by atoms with van der Waals surface area (Å²) >= 11 is 0. The second-order valence-corrected chi connectivity index (χ2v) is 6.27. The Hall–Kier alpha value is -2.29. The van der Waals surface area contributed by atoms with Gasteiger partial charge in [-0.2, -0.15) is 0 Å². The molecule has 3 nitrogen and oxygen atoms in total. The molecule has 1 aromatic carbocycles. The van der Waals surface area contributed by atoms with Crippen molar-refractivity contribution in [3.63, 3.8) is 0 Å². The van der Waals surface area contributed by atoms with Crippen LogP contribution in [0.3, 0.4) is 0 Å². The molecule has 3 aromatic rings. The van der Waals surface area contributed by atoms with E-state index in [1.165, 1.54) is 31.2 Å². The molecule has 3 heteroatoms. The average molecular weight is 319 g/mol. The molecule has 0 amide bonds. The maximum atomic E-state index is 4.74. The van der Waals surface area contributed by atoms with Crippen molar-refractivity contribution in [3.8, 4) is 0 Å². The number of benzene rings is 1. The zero-order valence-electron chi connectivity index (χ0n) is 14.4. The van der Waals surface area contributed by atoms with Crippen LogP contribution in [0.15, 0.2) is 48.8 Å². The van der Waals surface area contributed by atoms with Crippen LogP contribution in [0.1, 0.15) is 49.7 Å². The summed E-state index contributed by atoms with van der Waals surface area (Å²) in [5.41, 5.74) is 3.49. The minimum absolute atomic E-state index is 0.869. The fourth-order valence-corrected chi connectivity index (χ4v) is 2.99. The molecule has 0 radical (unpaired) electrons. The molecule has 0 aliphatic heterocycles. The van der Waals surface area contributed by atoms with E-state index in [0.717, 1.165) is 41.7 Å². The lowest BCUT2D eigenvalue weighted by Crippen LogP contribution is -2.00. The van der Waals surface area contributed by atoms with Gasteiger partial charge in [-0.3, -0.25) is 4.98 Å². The third kappa shape index (κ3) is 4.38. The van der Waals surface area contributed by atoms with Crippen LogP contribution in [-0.2, 0) is 19.3 Å². The summed E-state index contributed by atoms with van der Waals surface area (Å²) in [6.07, 6.45) is 11.7. The van der Waals surface area contributed by atoms with Crippen molar-refractivity contribution in [1.82, 2.24) is 15.0 Å². The molecule has 3 rings (SSSR count). The van der Waals surface area contributed by atoms with E-state index < -0.39 is 0 Å². The van der Waals surface area contributed by atoms with Gasteiger partial charge in [0.25, 0.3) is 0 Å². The van der Waals surface area contributed by atoms with Gasteiger partial charge in [-0.05, 0) is 30.9 Å². The van der Waals surface area contributed by atoms with E-state index in [0.29, 0.717) is 0 Å². The second-order valence-electron chi connectivity index (χ2n) is 6.27. The molecule has 0 aliphatic carbocycles. The van der Waals surface area contributed by atoms with Gasteiger partial charge in [-0.1, -0.05) is 56.5 Å². The SMILES string of the molecule is CCCCCCc1nccc2nc(CCc3ccccc3)ncc12. The summed E-state index contributed by atoms with van der Waals surface area (Å²) in [6.45, 7) is 2.24. The molecule has 24 heavy (non-hydrogen) atoms. The zero-order chi connectivity index (χ0) is 16.6. The summed E-state index contributed by atoms with van der Waals surface area (Å²) in [7, 11) is 0. The first-order chi connectivity index (χ1) is 11.9. The quantitative estimate of drug-likeness (QED) is 0.552. The predicted molar refractivity (Wildman–Crippen MR) is 99.0 cm³/mol. The van der Waals surface area contributed by atoms with Gasteiger partial charge in [0.05, 0.1) is 11.2 Å². The fraction of sp³-hybridized carbons (Fsp3) is 0.381. The average Bonchev–Trinajstić information content (AvgIpc) is 2.64. The Labute approximate surface area is 144 Å². The molecule has 0 spiro atoms. The molecule has 0 saturated carbocycles. The highest BCUT2D eigenvalue weighted by Crippen LogP contribution is 2.17. The van der Waals surface area contributed by atoms with Crippen LogP contribution in [-0.4, -0.2) is 15.0 Å². The van der Waals surface area contributed by atoms with Gasteiger partial charge in [0.2, 0.25) is 0 Å². The first kappa shape index (κ1) is 16.6. The van der Waals surface area contributed by atoms with Crippen molar-refractivity contribution >= 4 is 10.9 Å². The molecular weight excluding hydrogens is 294 g/mol. The smallest absolute Gasteiger partial charge is 0.129 e. The number of pyridine rings is 1. The largest absolute Gasteiger partial charge is 0.260 e. The Kier molecular flexibility index (Phi) is 5.89. The number of fused-ring (bicyclic) bond motifs is 1. The normalized spacial score (nSPS) is 11.0. The monoisotopic (exact) mass is 319 g/mol. The summed E-state index contributed by atoms with van der Waals surface area (Å²) in [5, 5.41) is 1.11. The van der Waals surface area contributed by atoms with Gasteiger partial charge in [0.15, 0.2) is 0 Å². The first-order valence-corrected chi connectivity index (χ1v) is 9.00. The van der Waals surface area contributed by atoms with E-state index in [9.17, 15) is 0 Å². The van der Waals surface area contributed by atoms with Gasteiger partial charge in [0, 0.05) is 24.2 Å². The Morgan fingerprint density at radius 3 is 2.54 bits per heavy atom. The molecule has 0 atom stereocenters. The zero-order valence-corrected chi connectivity index (χ0v) is 14.4. The van der Waals surface area contributed by atoms with Crippen LogP contribution in [0, 0.1) is 0 Å². The number of hydrogen-bond acceptors (Lipinski definition) is 3. The Morgan fingerprint density at radius 1 is 0.833 bits per heavy atom. The summed E-state index contributed by atoms with van der Waals surface area (Å²) in [6, 6.07) is 12.5. The van der Waals surface area contributed by atoms with Crippen molar-refractivity contribution in [2.75, 3.05) is 0 Å². The van der Waals surface area contributed by atoms with Crippen LogP contribution in [0.5, 0.6) is 0 Å². The van der Waals surface area contributed by atoms with Crippen molar-refractivity contribution < 1.29 is 0 Å². The molecular formula is C21H25N3. The standard InChI is InChI=1S/C21H25N3/c1-2-3-4-8-11-19-18-16-23-21(24-20(18)14-15-22-19)13-12-17-9-6-5-7-10-17/h5-7,9-10,14-16H,2-4,8,11-13H2,1H3. The number of unbranched alkanes of at least 4 members (excludes halogenated alkanes) is 3. The molecule has 2 aromatic heterocycles. The van der Waals surface area contributed by atoms with Crippen molar-refractivity contribution in [3.05, 3.63) is 65.9 Å². The Balaban J connectivity index is 1.69. The highest BCUT2D eigenvalue weighted by atomic mass is 14.9. The van der Waals surface area contributed by atoms with E-state index in [-0.39, 0.29) is 0 Å². The Morgan fingerprint density at radius 2 is 1.71 bits per heavy atom. The van der Waals surface area contributed by atoms with Crippen molar-refractivity contribution in [1.29, 1.82) is 0 Å². The lowest BCUT2D eigenvalue weighted by molar-refractivity contribution is 0.662. The van der Waals surface area contributed by atoms with E-state index in [4.69, 9.17) is 4.98 Å². The van der Waals surface area contributed by atoms with Gasteiger partial charge >= 0.3 is 0 Å². The molecule has 0 bridgehead atoms. The van der Waals surface area contributed by atoms with Gasteiger partial charge in [-0.25, -0.2) is 9.97 Å². The molecule has 0 unspecified atom stereocenters. The van der Waals surface area contributed by atoms with Gasteiger partial charge < -0.3 is 0 Å². The number of rotatable bonds is 8. The lowest BCUT2D eigenvalue weighted by atomic mass is 10.1. The van der Waals surface area contributed by atoms with E-state index in [2.05, 4.69) is 41.2 Å². The third-order valence-corrected chi connectivity index (χ3v) is 4.39. The number of hydrogen-bond donors (Lipinski definition) is 0. The summed E-state index contributed by atoms with van der Waals surface area (Å²) in [5.74, 6) is 0.912. The minimum atomic E-state index is 0.869. The number of aromatic nitrogens is 3. The van der Waals surface area contributed by atoms with Gasteiger partial charge in [-0.15, -0.1) is 0 Å². The summed E-state index contributed by atoms with van der Waals surface area (Å²) in [4.78, 5) is 13.9. The number of nitrogens with zero attached hydrogens (tertiary/aromatic N) is 3. The van der Waals surface area contributed by atoms with E-state index in [1.807, 2.05) is 24.5 Å². The first-order valence-electron chi connectivity index (χ1n) is 9.00. The van der Waals surface area contributed by atoms with E-state index >= 15 is 0 Å². The highest BCUT2D eigenvalue weighted by molar-refractivity contribution is 5.79. The van der Waals surface area contributed by atoms with E-state index in [1.54, 1.807) is 0 Å². The maximum Gasteiger partial charge on any atom is 0.129 e. The number of aryl methyl sites for hydroxylation is 3. The fourth-order valence-electron chi connectivity index (χ4n) is 2.99. The Bertz CT molecular complexity index is 768. The lowest BCUT2D eigenvalue weighted by Gasteiger charge is -2.07. The molecule has 0 saturated heterocycles.